The quantitative estimate of drug-likeness (QED) is 0.833. The van der Waals surface area contributed by atoms with Gasteiger partial charge in [-0.05, 0) is 75.8 Å². The van der Waals surface area contributed by atoms with Crippen molar-refractivity contribution in [3.63, 3.8) is 0 Å². The molecular formula is C20H27ClN6O. The molecule has 7 nitrogen and oxygen atoms in total. The average molecular weight is 403 g/mol. The molecule has 0 aliphatic heterocycles. The Hall–Kier alpha value is -1.89. The minimum Gasteiger partial charge on any atom is -0.351 e. The first-order valence-corrected chi connectivity index (χ1v) is 10.7. The summed E-state index contributed by atoms with van der Waals surface area (Å²) in [5.41, 5.74) is 1.82. The molecule has 4 fully saturated rings. The number of halogens is 1. The van der Waals surface area contributed by atoms with E-state index in [0.717, 1.165) is 49.9 Å². The molecule has 0 radical (unpaired) electrons. The van der Waals surface area contributed by atoms with Crippen LogP contribution in [0.5, 0.6) is 0 Å². The van der Waals surface area contributed by atoms with Crippen molar-refractivity contribution in [2.75, 3.05) is 0 Å². The van der Waals surface area contributed by atoms with Crippen LogP contribution in [0.4, 0.5) is 0 Å². The van der Waals surface area contributed by atoms with E-state index in [0.29, 0.717) is 18.4 Å². The lowest BCUT2D eigenvalue weighted by molar-refractivity contribution is -0.156. The van der Waals surface area contributed by atoms with E-state index < -0.39 is 0 Å². The van der Waals surface area contributed by atoms with Gasteiger partial charge in [0.2, 0.25) is 11.2 Å². The molecule has 28 heavy (non-hydrogen) atoms. The van der Waals surface area contributed by atoms with Crippen molar-refractivity contribution in [3.8, 4) is 0 Å². The molecular weight excluding hydrogens is 376 g/mol. The number of amides is 1. The predicted octanol–water partition coefficient (Wildman–Crippen LogP) is 3.07. The fourth-order valence-corrected chi connectivity index (χ4v) is 6.68. The Balaban J connectivity index is 1.38. The van der Waals surface area contributed by atoms with Gasteiger partial charge in [-0.15, -0.1) is 5.10 Å². The molecule has 2 aromatic rings. The molecule has 2 heterocycles. The van der Waals surface area contributed by atoms with Crippen LogP contribution in [-0.2, 0) is 23.4 Å². The van der Waals surface area contributed by atoms with Crippen molar-refractivity contribution >= 4 is 17.5 Å². The normalized spacial score (nSPS) is 33.4. The molecule has 8 heteroatoms. The SMILES string of the molecule is CCn1ncc(CNC(=O)C23CC4CC(C2)CC(n2cnc(Cl)n2)(C4)C3)c1C. The van der Waals surface area contributed by atoms with Gasteiger partial charge in [0.1, 0.15) is 6.33 Å². The zero-order valence-electron chi connectivity index (χ0n) is 16.5. The van der Waals surface area contributed by atoms with E-state index >= 15 is 0 Å². The molecule has 1 amide bonds. The van der Waals surface area contributed by atoms with Crippen LogP contribution in [0.3, 0.4) is 0 Å². The number of aromatic nitrogens is 5. The molecule has 4 aliphatic carbocycles. The Labute approximate surface area is 169 Å². The van der Waals surface area contributed by atoms with Crippen LogP contribution < -0.4 is 5.32 Å². The maximum Gasteiger partial charge on any atom is 0.242 e. The molecule has 0 spiro atoms. The topological polar surface area (TPSA) is 77.6 Å². The van der Waals surface area contributed by atoms with Crippen LogP contribution in [0.25, 0.3) is 0 Å². The van der Waals surface area contributed by atoms with Crippen LogP contribution >= 0.6 is 11.6 Å². The van der Waals surface area contributed by atoms with Crippen molar-refractivity contribution in [2.24, 2.45) is 17.3 Å². The molecule has 6 rings (SSSR count). The number of hydrogen-bond acceptors (Lipinski definition) is 4. The van der Waals surface area contributed by atoms with Crippen LogP contribution in [0, 0.1) is 24.2 Å². The Morgan fingerprint density at radius 3 is 2.68 bits per heavy atom. The fraction of sp³-hybridized carbons (Fsp3) is 0.700. The summed E-state index contributed by atoms with van der Waals surface area (Å²) in [5.74, 6) is 1.36. The van der Waals surface area contributed by atoms with Gasteiger partial charge in [0.15, 0.2) is 0 Å². The van der Waals surface area contributed by atoms with Gasteiger partial charge in [-0.1, -0.05) is 0 Å². The Morgan fingerprint density at radius 1 is 1.32 bits per heavy atom. The van der Waals surface area contributed by atoms with Crippen molar-refractivity contribution in [1.82, 2.24) is 29.9 Å². The summed E-state index contributed by atoms with van der Waals surface area (Å²) in [6.07, 6.45) is 9.86. The highest BCUT2D eigenvalue weighted by atomic mass is 35.5. The standard InChI is InChI=1S/C20H27ClN6O/c1-3-26-13(2)16(10-24-26)9-22-17(28)19-5-14-4-15(6-19)8-20(7-14,11-19)27-12-23-18(21)25-27/h10,12,14-15H,3-9,11H2,1-2H3,(H,22,28). The summed E-state index contributed by atoms with van der Waals surface area (Å²) < 4.78 is 3.93. The van der Waals surface area contributed by atoms with Crippen LogP contribution in [0.1, 0.15) is 56.7 Å². The van der Waals surface area contributed by atoms with E-state index in [1.54, 1.807) is 6.33 Å². The van der Waals surface area contributed by atoms with Gasteiger partial charge >= 0.3 is 0 Å². The summed E-state index contributed by atoms with van der Waals surface area (Å²) in [5, 5.41) is 12.4. The highest BCUT2D eigenvalue weighted by Crippen LogP contribution is 2.64. The van der Waals surface area contributed by atoms with Gasteiger partial charge < -0.3 is 5.32 Å². The summed E-state index contributed by atoms with van der Waals surface area (Å²) in [4.78, 5) is 17.6. The van der Waals surface area contributed by atoms with Crippen LogP contribution in [0.15, 0.2) is 12.5 Å². The maximum absolute atomic E-state index is 13.4. The number of hydrogen-bond donors (Lipinski definition) is 1. The number of nitrogens with zero attached hydrogens (tertiary/aromatic N) is 5. The van der Waals surface area contributed by atoms with E-state index in [4.69, 9.17) is 11.6 Å². The largest absolute Gasteiger partial charge is 0.351 e. The highest BCUT2D eigenvalue weighted by molar-refractivity contribution is 6.28. The van der Waals surface area contributed by atoms with E-state index in [1.807, 2.05) is 15.6 Å². The lowest BCUT2D eigenvalue weighted by Gasteiger charge is -2.60. The minimum atomic E-state index is -0.294. The number of nitrogens with one attached hydrogen (secondary N) is 1. The number of rotatable bonds is 5. The van der Waals surface area contributed by atoms with Crippen molar-refractivity contribution in [1.29, 1.82) is 0 Å². The second-order valence-electron chi connectivity index (χ2n) is 9.18. The minimum absolute atomic E-state index is 0.107. The van der Waals surface area contributed by atoms with Gasteiger partial charge in [0.25, 0.3) is 0 Å². The molecule has 2 atom stereocenters. The second-order valence-corrected chi connectivity index (χ2v) is 9.52. The third-order valence-electron chi connectivity index (χ3n) is 7.41. The van der Waals surface area contributed by atoms with E-state index in [2.05, 4.69) is 34.3 Å². The third-order valence-corrected chi connectivity index (χ3v) is 7.58. The molecule has 150 valence electrons. The third kappa shape index (κ3) is 2.70. The molecule has 4 saturated carbocycles. The first-order valence-electron chi connectivity index (χ1n) is 10.3. The predicted molar refractivity (Wildman–Crippen MR) is 105 cm³/mol. The smallest absolute Gasteiger partial charge is 0.242 e. The summed E-state index contributed by atoms with van der Waals surface area (Å²) in [7, 11) is 0. The van der Waals surface area contributed by atoms with E-state index in [1.165, 1.54) is 6.42 Å². The van der Waals surface area contributed by atoms with Gasteiger partial charge in [0.05, 0.1) is 17.2 Å². The first kappa shape index (κ1) is 18.2. The number of carbonyl (C=O) groups is 1. The lowest BCUT2D eigenvalue weighted by atomic mass is 9.46. The summed E-state index contributed by atoms with van der Waals surface area (Å²) in [6.45, 7) is 5.53. The van der Waals surface area contributed by atoms with E-state index in [-0.39, 0.29) is 22.1 Å². The number of aryl methyl sites for hydroxylation is 1. The van der Waals surface area contributed by atoms with E-state index in [9.17, 15) is 4.79 Å². The molecule has 0 aromatic carbocycles. The fourth-order valence-electron chi connectivity index (χ4n) is 6.56. The van der Waals surface area contributed by atoms with Crippen molar-refractivity contribution in [3.05, 3.63) is 29.1 Å². The molecule has 4 bridgehead atoms. The summed E-state index contributed by atoms with van der Waals surface area (Å²) >= 11 is 6.01. The highest BCUT2D eigenvalue weighted by Gasteiger charge is 2.61. The van der Waals surface area contributed by atoms with Crippen LogP contribution in [0.2, 0.25) is 5.28 Å². The molecule has 4 aliphatic rings. The molecule has 2 aromatic heterocycles. The lowest BCUT2D eigenvalue weighted by Crippen LogP contribution is -2.61. The van der Waals surface area contributed by atoms with Crippen molar-refractivity contribution in [2.45, 2.75) is 71.0 Å². The van der Waals surface area contributed by atoms with Crippen molar-refractivity contribution < 1.29 is 4.79 Å². The monoisotopic (exact) mass is 402 g/mol. The maximum atomic E-state index is 13.4. The molecule has 2 unspecified atom stereocenters. The Bertz CT molecular complexity index is 904. The Kier molecular flexibility index (Phi) is 4.09. The van der Waals surface area contributed by atoms with Gasteiger partial charge in [-0.3, -0.25) is 9.48 Å². The number of carbonyl (C=O) groups excluding carboxylic acids is 1. The van der Waals surface area contributed by atoms with Gasteiger partial charge in [-0.25, -0.2) is 9.67 Å². The first-order chi connectivity index (χ1) is 13.4. The molecule has 1 N–H and O–H groups in total. The average Bonchev–Trinajstić information content (AvgIpc) is 3.24. The Morgan fingerprint density at radius 2 is 2.07 bits per heavy atom. The summed E-state index contributed by atoms with van der Waals surface area (Å²) in [6, 6.07) is 0. The zero-order valence-corrected chi connectivity index (χ0v) is 17.2. The zero-order chi connectivity index (χ0) is 19.5. The molecule has 0 saturated heterocycles. The van der Waals surface area contributed by atoms with Gasteiger partial charge in [-0.2, -0.15) is 5.10 Å². The van der Waals surface area contributed by atoms with Crippen LogP contribution in [-0.4, -0.2) is 30.5 Å². The second kappa shape index (κ2) is 6.31. The van der Waals surface area contributed by atoms with Gasteiger partial charge in [0, 0.05) is 24.3 Å².